The fraction of sp³-hybridized carbons (Fsp3) is 0.412. The number of amides is 1. The second-order valence-electron chi connectivity index (χ2n) is 6.43. The molecule has 0 aliphatic carbocycles. The molecular formula is C17H23N5O3S. The summed E-state index contributed by atoms with van der Waals surface area (Å²) in [5.74, 6) is -0.0381. The van der Waals surface area contributed by atoms with Gasteiger partial charge in [-0.05, 0) is 56.1 Å². The Labute approximate surface area is 152 Å². The van der Waals surface area contributed by atoms with Crippen molar-refractivity contribution >= 4 is 15.9 Å². The Bertz CT molecular complexity index is 841. The average molecular weight is 377 g/mol. The minimum Gasteiger partial charge on any atom is -0.354 e. The van der Waals surface area contributed by atoms with Crippen LogP contribution in [-0.2, 0) is 26.8 Å². The van der Waals surface area contributed by atoms with Gasteiger partial charge in [-0.3, -0.25) is 9.48 Å². The smallest absolute Gasteiger partial charge is 0.248 e. The quantitative estimate of drug-likeness (QED) is 0.653. The Kier molecular flexibility index (Phi) is 5.40. The zero-order valence-electron chi connectivity index (χ0n) is 14.4. The highest BCUT2D eigenvalue weighted by Crippen LogP contribution is 2.27. The molecule has 26 heavy (non-hydrogen) atoms. The van der Waals surface area contributed by atoms with E-state index in [4.69, 9.17) is 5.14 Å². The monoisotopic (exact) mass is 377 g/mol. The maximum absolute atomic E-state index is 12.9. The Hall–Kier alpha value is -2.23. The maximum atomic E-state index is 12.9. The van der Waals surface area contributed by atoms with Crippen molar-refractivity contribution < 1.29 is 13.2 Å². The highest BCUT2D eigenvalue weighted by molar-refractivity contribution is 7.89. The van der Waals surface area contributed by atoms with Crippen LogP contribution < -0.4 is 15.8 Å². The van der Waals surface area contributed by atoms with Crippen LogP contribution in [0.1, 0.15) is 18.4 Å². The fourth-order valence-corrected chi connectivity index (χ4v) is 3.77. The molecule has 3 rings (SSSR count). The molecule has 0 atom stereocenters. The molecule has 1 aliphatic rings. The Morgan fingerprint density at radius 3 is 2.54 bits per heavy atom. The van der Waals surface area contributed by atoms with Crippen LogP contribution in [0.4, 0.5) is 0 Å². The number of aromatic nitrogens is 2. The molecule has 1 saturated heterocycles. The van der Waals surface area contributed by atoms with Gasteiger partial charge in [0, 0.05) is 18.9 Å². The molecule has 9 heteroatoms. The van der Waals surface area contributed by atoms with Crippen molar-refractivity contribution in [2.45, 2.75) is 29.7 Å². The van der Waals surface area contributed by atoms with Crippen LogP contribution in [0.5, 0.6) is 0 Å². The first-order valence-corrected chi connectivity index (χ1v) is 10.1. The summed E-state index contributed by atoms with van der Waals surface area (Å²) in [6.07, 6.45) is 5.48. The second kappa shape index (κ2) is 7.56. The molecule has 0 saturated carbocycles. The van der Waals surface area contributed by atoms with Crippen molar-refractivity contribution in [1.82, 2.24) is 20.4 Å². The summed E-state index contributed by atoms with van der Waals surface area (Å²) in [4.78, 5) is 13.0. The van der Waals surface area contributed by atoms with Crippen LogP contribution in [0.3, 0.4) is 0 Å². The first kappa shape index (κ1) is 18.6. The molecule has 0 unspecified atom stereocenters. The number of carbonyl (C=O) groups is 1. The predicted molar refractivity (Wildman–Crippen MR) is 96.8 cm³/mol. The first-order valence-electron chi connectivity index (χ1n) is 8.53. The molecule has 0 bridgehead atoms. The van der Waals surface area contributed by atoms with Gasteiger partial charge in [-0.2, -0.15) is 5.10 Å². The predicted octanol–water partition coefficient (Wildman–Crippen LogP) is -0.0319. The van der Waals surface area contributed by atoms with Gasteiger partial charge in [0.2, 0.25) is 15.9 Å². The van der Waals surface area contributed by atoms with Gasteiger partial charge in [-0.1, -0.05) is 12.1 Å². The van der Waals surface area contributed by atoms with Crippen LogP contribution in [0.25, 0.3) is 0 Å². The van der Waals surface area contributed by atoms with E-state index in [0.717, 1.165) is 18.7 Å². The topological polar surface area (TPSA) is 119 Å². The van der Waals surface area contributed by atoms with Crippen LogP contribution in [0.2, 0.25) is 0 Å². The van der Waals surface area contributed by atoms with Gasteiger partial charge in [0.15, 0.2) is 0 Å². The summed E-state index contributed by atoms with van der Waals surface area (Å²) in [7, 11) is -3.69. The maximum Gasteiger partial charge on any atom is 0.248 e. The highest BCUT2D eigenvalue weighted by atomic mass is 32.2. The van der Waals surface area contributed by atoms with Crippen molar-refractivity contribution in [2.75, 3.05) is 19.6 Å². The third kappa shape index (κ3) is 3.95. The number of sulfonamides is 1. The number of hydrogen-bond acceptors (Lipinski definition) is 5. The van der Waals surface area contributed by atoms with E-state index in [-0.39, 0.29) is 10.8 Å². The number of carbonyl (C=O) groups excluding carboxylic acids is 1. The van der Waals surface area contributed by atoms with Gasteiger partial charge in [-0.15, -0.1) is 0 Å². The van der Waals surface area contributed by atoms with Crippen LogP contribution in [-0.4, -0.2) is 43.7 Å². The number of rotatable bonds is 6. The van der Waals surface area contributed by atoms with E-state index in [2.05, 4.69) is 15.7 Å². The molecule has 1 aromatic carbocycles. The zero-order valence-corrected chi connectivity index (χ0v) is 15.2. The summed E-state index contributed by atoms with van der Waals surface area (Å²) in [5, 5.41) is 15.7. The van der Waals surface area contributed by atoms with Gasteiger partial charge >= 0.3 is 0 Å². The SMILES string of the molecule is NS(=O)(=O)c1ccc(CCNC(=O)C2(n3cccn3)CCNCC2)cc1. The van der Waals surface area contributed by atoms with Crippen LogP contribution in [0, 0.1) is 0 Å². The fourth-order valence-electron chi connectivity index (χ4n) is 3.25. The Balaban J connectivity index is 1.62. The molecule has 1 amide bonds. The molecule has 2 aromatic rings. The van der Waals surface area contributed by atoms with Gasteiger partial charge in [0.05, 0.1) is 4.90 Å². The van der Waals surface area contributed by atoms with Gasteiger partial charge in [0.1, 0.15) is 5.54 Å². The number of primary sulfonamides is 1. The Morgan fingerprint density at radius 2 is 1.96 bits per heavy atom. The summed E-state index contributed by atoms with van der Waals surface area (Å²) in [6.45, 7) is 1.99. The lowest BCUT2D eigenvalue weighted by atomic mass is 9.87. The van der Waals surface area contributed by atoms with Crippen molar-refractivity contribution in [2.24, 2.45) is 5.14 Å². The van der Waals surface area contributed by atoms with E-state index in [1.165, 1.54) is 12.1 Å². The van der Waals surface area contributed by atoms with Crippen molar-refractivity contribution in [3.63, 3.8) is 0 Å². The minimum absolute atomic E-state index is 0.0381. The number of nitrogens with one attached hydrogen (secondary N) is 2. The third-order valence-corrected chi connectivity index (χ3v) is 5.68. The minimum atomic E-state index is -3.69. The molecular weight excluding hydrogens is 354 g/mol. The van der Waals surface area contributed by atoms with Crippen molar-refractivity contribution in [3.8, 4) is 0 Å². The number of hydrogen-bond donors (Lipinski definition) is 3. The molecule has 1 aromatic heterocycles. The average Bonchev–Trinajstić information content (AvgIpc) is 3.17. The molecule has 0 radical (unpaired) electrons. The first-order chi connectivity index (χ1) is 12.4. The highest BCUT2D eigenvalue weighted by Gasteiger charge is 2.41. The lowest BCUT2D eigenvalue weighted by Crippen LogP contribution is -2.54. The summed E-state index contributed by atoms with van der Waals surface area (Å²) >= 11 is 0. The van der Waals surface area contributed by atoms with Crippen LogP contribution >= 0.6 is 0 Å². The number of nitrogens with zero attached hydrogens (tertiary/aromatic N) is 2. The summed E-state index contributed by atoms with van der Waals surface area (Å²) < 4.78 is 24.3. The molecule has 140 valence electrons. The van der Waals surface area contributed by atoms with E-state index in [9.17, 15) is 13.2 Å². The van der Waals surface area contributed by atoms with Gasteiger partial charge in [-0.25, -0.2) is 13.6 Å². The molecule has 2 heterocycles. The lowest BCUT2D eigenvalue weighted by molar-refractivity contribution is -0.131. The zero-order chi connectivity index (χ0) is 18.6. The molecule has 8 nitrogen and oxygen atoms in total. The number of nitrogens with two attached hydrogens (primary N) is 1. The summed E-state index contributed by atoms with van der Waals surface area (Å²) in [5.41, 5.74) is 0.267. The normalized spacial score (nSPS) is 17.0. The largest absolute Gasteiger partial charge is 0.354 e. The number of benzene rings is 1. The van der Waals surface area contributed by atoms with E-state index >= 15 is 0 Å². The second-order valence-corrected chi connectivity index (χ2v) is 7.99. The van der Waals surface area contributed by atoms with E-state index in [0.29, 0.717) is 25.8 Å². The van der Waals surface area contributed by atoms with E-state index < -0.39 is 15.6 Å². The molecule has 4 N–H and O–H groups in total. The van der Waals surface area contributed by atoms with E-state index in [1.807, 2.05) is 12.3 Å². The van der Waals surface area contributed by atoms with Gasteiger partial charge < -0.3 is 10.6 Å². The van der Waals surface area contributed by atoms with Crippen LogP contribution in [0.15, 0.2) is 47.6 Å². The standard InChI is InChI=1S/C17H23N5O3S/c18-26(24,25)15-4-2-14(3-5-15)6-10-20-16(23)17(7-11-19-12-8-17)22-13-1-9-21-22/h1-5,9,13,19H,6-8,10-12H2,(H,20,23)(H2,18,24,25). The summed E-state index contributed by atoms with van der Waals surface area (Å²) in [6, 6.07) is 8.19. The third-order valence-electron chi connectivity index (χ3n) is 4.75. The van der Waals surface area contributed by atoms with E-state index in [1.54, 1.807) is 23.0 Å². The molecule has 1 aliphatic heterocycles. The Morgan fingerprint density at radius 1 is 1.27 bits per heavy atom. The lowest BCUT2D eigenvalue weighted by Gasteiger charge is -2.36. The molecule has 1 fully saturated rings. The van der Waals surface area contributed by atoms with Crippen molar-refractivity contribution in [3.05, 3.63) is 48.3 Å². The van der Waals surface area contributed by atoms with Crippen molar-refractivity contribution in [1.29, 1.82) is 0 Å². The molecule has 0 spiro atoms. The van der Waals surface area contributed by atoms with Gasteiger partial charge in [0.25, 0.3) is 0 Å². The number of piperidine rings is 1.